The van der Waals surface area contributed by atoms with Gasteiger partial charge in [-0.15, -0.1) is 0 Å². The van der Waals surface area contributed by atoms with Crippen molar-refractivity contribution in [2.75, 3.05) is 0 Å². The summed E-state index contributed by atoms with van der Waals surface area (Å²) in [6.07, 6.45) is 0. The van der Waals surface area contributed by atoms with Gasteiger partial charge in [0.15, 0.2) is 0 Å². The van der Waals surface area contributed by atoms with Crippen molar-refractivity contribution in [3.05, 3.63) is 29.5 Å². The number of hydrogen-bond donors (Lipinski definition) is 2. The maximum absolute atomic E-state index is 5.70. The van der Waals surface area contributed by atoms with Gasteiger partial charge < -0.3 is 5.73 Å². The van der Waals surface area contributed by atoms with Gasteiger partial charge in [-0.3, -0.25) is 5.10 Å². The van der Waals surface area contributed by atoms with Crippen molar-refractivity contribution in [3.8, 4) is 0 Å². The molecule has 2 rings (SSSR count). The number of fused-ring (bicyclic) bond motifs is 1. The second kappa shape index (κ2) is 3.42. The van der Waals surface area contributed by atoms with E-state index in [1.807, 2.05) is 12.1 Å². The Morgan fingerprint density at radius 1 is 1.43 bits per heavy atom. The van der Waals surface area contributed by atoms with E-state index in [1.54, 1.807) is 0 Å². The summed E-state index contributed by atoms with van der Waals surface area (Å²) in [6, 6.07) is 6.07. The van der Waals surface area contributed by atoms with Crippen molar-refractivity contribution < 1.29 is 0 Å². The SMILES string of the molecule is CC(C)c1[nH]nc2cccc(CN)c12. The number of nitrogens with zero attached hydrogens (tertiary/aromatic N) is 1. The van der Waals surface area contributed by atoms with Crippen molar-refractivity contribution >= 4 is 10.9 Å². The molecular formula is C11H15N3. The first kappa shape index (κ1) is 9.21. The van der Waals surface area contributed by atoms with Crippen LogP contribution in [0.3, 0.4) is 0 Å². The largest absolute Gasteiger partial charge is 0.326 e. The number of benzene rings is 1. The number of hydrogen-bond acceptors (Lipinski definition) is 2. The van der Waals surface area contributed by atoms with Crippen molar-refractivity contribution in [1.29, 1.82) is 0 Å². The van der Waals surface area contributed by atoms with Crippen LogP contribution in [0, 0.1) is 0 Å². The Bertz CT molecular complexity index is 443. The van der Waals surface area contributed by atoms with Crippen molar-refractivity contribution in [2.45, 2.75) is 26.3 Å². The minimum absolute atomic E-state index is 0.452. The Hall–Kier alpha value is -1.35. The topological polar surface area (TPSA) is 54.7 Å². The van der Waals surface area contributed by atoms with E-state index in [9.17, 15) is 0 Å². The van der Waals surface area contributed by atoms with E-state index >= 15 is 0 Å². The van der Waals surface area contributed by atoms with Crippen LogP contribution in [0.4, 0.5) is 0 Å². The fourth-order valence-electron chi connectivity index (χ4n) is 1.75. The lowest BCUT2D eigenvalue weighted by atomic mass is 10.0. The predicted molar refractivity (Wildman–Crippen MR) is 58.1 cm³/mol. The molecule has 0 aliphatic carbocycles. The smallest absolute Gasteiger partial charge is 0.0927 e. The second-order valence-corrected chi connectivity index (χ2v) is 3.81. The van der Waals surface area contributed by atoms with Crippen LogP contribution in [-0.4, -0.2) is 10.2 Å². The normalized spacial score (nSPS) is 11.4. The molecule has 3 N–H and O–H groups in total. The highest BCUT2D eigenvalue weighted by atomic mass is 15.1. The minimum Gasteiger partial charge on any atom is -0.326 e. The monoisotopic (exact) mass is 189 g/mol. The van der Waals surface area contributed by atoms with Gasteiger partial charge in [0.05, 0.1) is 5.52 Å². The third-order valence-electron chi connectivity index (χ3n) is 2.49. The molecular weight excluding hydrogens is 174 g/mol. The van der Waals surface area contributed by atoms with Gasteiger partial charge in [-0.25, -0.2) is 0 Å². The molecule has 0 unspecified atom stereocenters. The number of rotatable bonds is 2. The summed E-state index contributed by atoms with van der Waals surface area (Å²) in [7, 11) is 0. The number of aromatic nitrogens is 2. The average Bonchev–Trinajstić information content (AvgIpc) is 2.60. The van der Waals surface area contributed by atoms with Gasteiger partial charge in [0.2, 0.25) is 0 Å². The maximum atomic E-state index is 5.70. The summed E-state index contributed by atoms with van der Waals surface area (Å²) in [6.45, 7) is 4.87. The number of H-pyrrole nitrogens is 1. The summed E-state index contributed by atoms with van der Waals surface area (Å²) < 4.78 is 0. The Labute approximate surface area is 83.3 Å². The van der Waals surface area contributed by atoms with Crippen LogP contribution in [0.25, 0.3) is 10.9 Å². The minimum atomic E-state index is 0.452. The lowest BCUT2D eigenvalue weighted by Crippen LogP contribution is -1.98. The molecule has 1 aromatic carbocycles. The van der Waals surface area contributed by atoms with E-state index in [1.165, 1.54) is 16.6 Å². The fourth-order valence-corrected chi connectivity index (χ4v) is 1.75. The van der Waals surface area contributed by atoms with Gasteiger partial charge in [-0.05, 0) is 17.5 Å². The van der Waals surface area contributed by atoms with E-state index in [0.29, 0.717) is 12.5 Å². The molecule has 74 valence electrons. The van der Waals surface area contributed by atoms with E-state index in [0.717, 1.165) is 5.52 Å². The first-order valence-electron chi connectivity index (χ1n) is 4.90. The van der Waals surface area contributed by atoms with Gasteiger partial charge in [-0.1, -0.05) is 26.0 Å². The molecule has 14 heavy (non-hydrogen) atoms. The Kier molecular flexibility index (Phi) is 2.25. The van der Waals surface area contributed by atoms with E-state index in [-0.39, 0.29) is 0 Å². The number of nitrogens with two attached hydrogens (primary N) is 1. The second-order valence-electron chi connectivity index (χ2n) is 3.81. The maximum Gasteiger partial charge on any atom is 0.0927 e. The highest BCUT2D eigenvalue weighted by Crippen LogP contribution is 2.25. The molecule has 2 aromatic rings. The van der Waals surface area contributed by atoms with E-state index in [4.69, 9.17) is 5.73 Å². The first-order valence-corrected chi connectivity index (χ1v) is 4.90. The number of aromatic amines is 1. The lowest BCUT2D eigenvalue weighted by Gasteiger charge is -2.04. The molecule has 0 spiro atoms. The van der Waals surface area contributed by atoms with Gasteiger partial charge >= 0.3 is 0 Å². The molecule has 3 heteroatoms. The van der Waals surface area contributed by atoms with Gasteiger partial charge in [0, 0.05) is 17.6 Å². The van der Waals surface area contributed by atoms with Crippen LogP contribution in [0.1, 0.15) is 31.0 Å². The van der Waals surface area contributed by atoms with Crippen LogP contribution >= 0.6 is 0 Å². The predicted octanol–water partition coefficient (Wildman–Crippen LogP) is 2.15. The van der Waals surface area contributed by atoms with Crippen LogP contribution in [0.2, 0.25) is 0 Å². The molecule has 1 aromatic heterocycles. The lowest BCUT2D eigenvalue weighted by molar-refractivity contribution is 0.816. The van der Waals surface area contributed by atoms with Crippen LogP contribution in [-0.2, 0) is 6.54 Å². The summed E-state index contributed by atoms with van der Waals surface area (Å²) in [5.74, 6) is 0.452. The molecule has 0 aliphatic rings. The van der Waals surface area contributed by atoms with Crippen molar-refractivity contribution in [1.82, 2.24) is 10.2 Å². The molecule has 3 nitrogen and oxygen atoms in total. The third kappa shape index (κ3) is 1.30. The zero-order valence-electron chi connectivity index (χ0n) is 8.54. The van der Waals surface area contributed by atoms with Crippen LogP contribution < -0.4 is 5.73 Å². The highest BCUT2D eigenvalue weighted by molar-refractivity contribution is 5.85. The molecule has 0 saturated heterocycles. The Morgan fingerprint density at radius 3 is 2.86 bits per heavy atom. The molecule has 0 saturated carbocycles. The Balaban J connectivity index is 2.74. The van der Waals surface area contributed by atoms with Crippen molar-refractivity contribution in [2.24, 2.45) is 5.73 Å². The first-order chi connectivity index (χ1) is 6.74. The molecule has 1 heterocycles. The van der Waals surface area contributed by atoms with E-state index < -0.39 is 0 Å². The highest BCUT2D eigenvalue weighted by Gasteiger charge is 2.11. The summed E-state index contributed by atoms with van der Waals surface area (Å²) >= 11 is 0. The van der Waals surface area contributed by atoms with Crippen LogP contribution in [0.15, 0.2) is 18.2 Å². The Morgan fingerprint density at radius 2 is 2.21 bits per heavy atom. The van der Waals surface area contributed by atoms with Gasteiger partial charge in [0.1, 0.15) is 0 Å². The van der Waals surface area contributed by atoms with E-state index in [2.05, 4.69) is 30.1 Å². The summed E-state index contributed by atoms with van der Waals surface area (Å²) in [4.78, 5) is 0. The van der Waals surface area contributed by atoms with Gasteiger partial charge in [0.25, 0.3) is 0 Å². The molecule has 0 atom stereocenters. The quantitative estimate of drug-likeness (QED) is 0.760. The van der Waals surface area contributed by atoms with Gasteiger partial charge in [-0.2, -0.15) is 5.10 Å². The molecule has 0 radical (unpaired) electrons. The zero-order chi connectivity index (χ0) is 10.1. The standard InChI is InChI=1S/C11H15N3/c1-7(2)11-10-8(6-12)4-3-5-9(10)13-14-11/h3-5,7H,6,12H2,1-2H3,(H,13,14). The molecule has 0 fully saturated rings. The summed E-state index contributed by atoms with van der Waals surface area (Å²) in [5.41, 5.74) is 9.06. The fraction of sp³-hybridized carbons (Fsp3) is 0.364. The van der Waals surface area contributed by atoms with Crippen LogP contribution in [0.5, 0.6) is 0 Å². The summed E-state index contributed by atoms with van der Waals surface area (Å²) in [5, 5.41) is 8.55. The molecule has 0 bridgehead atoms. The third-order valence-corrected chi connectivity index (χ3v) is 2.49. The molecule has 0 amide bonds. The molecule has 0 aliphatic heterocycles. The zero-order valence-corrected chi connectivity index (χ0v) is 8.54. The number of nitrogens with one attached hydrogen (secondary N) is 1. The average molecular weight is 189 g/mol. The van der Waals surface area contributed by atoms with Crippen molar-refractivity contribution in [3.63, 3.8) is 0 Å².